The normalized spacial score (nSPS) is 19.3. The van der Waals surface area contributed by atoms with Gasteiger partial charge in [0.2, 0.25) is 0 Å². The second-order valence-electron chi connectivity index (χ2n) is 7.44. The van der Waals surface area contributed by atoms with E-state index in [4.69, 9.17) is 17.5 Å². The van der Waals surface area contributed by atoms with E-state index in [9.17, 15) is 13.2 Å². The molecule has 9 heteroatoms. The van der Waals surface area contributed by atoms with Crippen molar-refractivity contribution < 1.29 is 13.2 Å². The zero-order valence-electron chi connectivity index (χ0n) is 15.9. The predicted octanol–water partition coefficient (Wildman–Crippen LogP) is 5.66. The van der Waals surface area contributed by atoms with Gasteiger partial charge in [0.25, 0.3) is 0 Å². The average molecular weight is 447 g/mol. The van der Waals surface area contributed by atoms with Gasteiger partial charge in [-0.3, -0.25) is 4.90 Å². The molecule has 0 amide bonds. The molecule has 2 aromatic rings. The number of hydrogen-bond acceptors (Lipinski definition) is 4. The number of nitriles is 1. The summed E-state index contributed by atoms with van der Waals surface area (Å²) in [7, 11) is 0. The molecule has 1 spiro atoms. The first kappa shape index (κ1) is 20.7. The highest BCUT2D eigenvalue weighted by Crippen LogP contribution is 2.49. The van der Waals surface area contributed by atoms with Crippen LogP contribution in [0.3, 0.4) is 0 Å². The molecule has 2 fully saturated rings. The number of alkyl halides is 3. The van der Waals surface area contributed by atoms with Crippen molar-refractivity contribution in [2.75, 3.05) is 9.80 Å². The molecule has 0 unspecified atom stereocenters. The van der Waals surface area contributed by atoms with Gasteiger partial charge in [0, 0.05) is 5.69 Å². The second-order valence-corrected chi connectivity index (χ2v) is 8.00. The molecule has 0 atom stereocenters. The third-order valence-corrected chi connectivity index (χ3v) is 6.25. The van der Waals surface area contributed by atoms with Gasteiger partial charge < -0.3 is 4.90 Å². The molecule has 0 N–H and O–H groups in total. The number of thiol groups is 1. The van der Waals surface area contributed by atoms with Crippen LogP contribution in [0.5, 0.6) is 0 Å². The molecular weight excluding hydrogens is 429 g/mol. The quantitative estimate of drug-likeness (QED) is 0.477. The summed E-state index contributed by atoms with van der Waals surface area (Å²) in [6, 6.07) is 13.0. The van der Waals surface area contributed by atoms with Gasteiger partial charge >= 0.3 is 6.18 Å². The number of aryl methyl sites for hydroxylation is 1. The van der Waals surface area contributed by atoms with E-state index in [0.29, 0.717) is 10.9 Å². The molecule has 4 nitrogen and oxygen atoms in total. The Hall–Kier alpha value is -2.57. The summed E-state index contributed by atoms with van der Waals surface area (Å²) in [4.78, 5) is 3.50. The summed E-state index contributed by atoms with van der Waals surface area (Å²) >= 11 is 9.88. The number of benzene rings is 2. The molecule has 1 aliphatic carbocycles. The number of rotatable bonds is 2. The van der Waals surface area contributed by atoms with Crippen molar-refractivity contribution in [3.05, 3.63) is 59.2 Å². The highest BCUT2D eigenvalue weighted by Gasteiger charge is 2.57. The van der Waals surface area contributed by atoms with Gasteiger partial charge in [-0.15, -0.1) is 0 Å². The van der Waals surface area contributed by atoms with Crippen molar-refractivity contribution in [3.63, 3.8) is 0 Å². The zero-order valence-corrected chi connectivity index (χ0v) is 17.7. The molecule has 30 heavy (non-hydrogen) atoms. The van der Waals surface area contributed by atoms with Gasteiger partial charge in [0.1, 0.15) is 11.4 Å². The summed E-state index contributed by atoms with van der Waals surface area (Å²) in [5.74, 6) is 0.500. The lowest BCUT2D eigenvalue weighted by atomic mass is 9.75. The minimum Gasteiger partial charge on any atom is -0.305 e. The molecule has 4 rings (SSSR count). The van der Waals surface area contributed by atoms with Crippen LogP contribution >= 0.6 is 25.0 Å². The van der Waals surface area contributed by atoms with Crippen molar-refractivity contribution in [2.45, 2.75) is 37.9 Å². The maximum atomic E-state index is 13.5. The van der Waals surface area contributed by atoms with Gasteiger partial charge in [-0.05, 0) is 81.6 Å². The van der Waals surface area contributed by atoms with E-state index >= 15 is 0 Å². The van der Waals surface area contributed by atoms with Crippen LogP contribution < -0.4 is 9.80 Å². The molecule has 0 aromatic heterocycles. The number of thiocarbonyl (C=S) groups is 1. The minimum absolute atomic E-state index is 0.208. The summed E-state index contributed by atoms with van der Waals surface area (Å²) in [5.41, 5.74) is 0.176. The van der Waals surface area contributed by atoms with Crippen molar-refractivity contribution >= 4 is 47.4 Å². The maximum Gasteiger partial charge on any atom is 0.417 e. The van der Waals surface area contributed by atoms with Crippen LogP contribution in [0.4, 0.5) is 24.5 Å². The Balaban J connectivity index is 1.86. The van der Waals surface area contributed by atoms with Gasteiger partial charge in [-0.1, -0.05) is 17.7 Å². The standard InChI is InChI=1S/C21H17F3N4S2/c1-13-3-6-15(7-4-13)28-19(29)27(18(26-30)20(28)9-2-10-20)16-8-5-14(12-25)17(11-16)21(22,23)24/h3-8,11,30H,2,9-10H2,1H3. The van der Waals surface area contributed by atoms with Crippen molar-refractivity contribution in [3.8, 4) is 6.07 Å². The lowest BCUT2D eigenvalue weighted by Crippen LogP contribution is -2.55. The molecule has 1 heterocycles. The highest BCUT2D eigenvalue weighted by atomic mass is 32.1. The molecule has 0 radical (unpaired) electrons. The Morgan fingerprint density at radius 2 is 1.77 bits per heavy atom. The zero-order chi connectivity index (χ0) is 21.7. The molecule has 2 aromatic carbocycles. The van der Waals surface area contributed by atoms with Gasteiger partial charge in [0.15, 0.2) is 5.11 Å². The molecule has 1 aliphatic heterocycles. The van der Waals surface area contributed by atoms with Crippen LogP contribution in [0.2, 0.25) is 0 Å². The monoisotopic (exact) mass is 446 g/mol. The van der Waals surface area contributed by atoms with Crippen LogP contribution in [0, 0.1) is 18.3 Å². The van der Waals surface area contributed by atoms with Crippen LogP contribution in [-0.2, 0) is 6.18 Å². The van der Waals surface area contributed by atoms with E-state index in [1.165, 1.54) is 17.0 Å². The first-order valence-corrected chi connectivity index (χ1v) is 10.1. The molecule has 2 aliphatic rings. The van der Waals surface area contributed by atoms with Crippen molar-refractivity contribution in [1.29, 1.82) is 5.26 Å². The van der Waals surface area contributed by atoms with E-state index in [2.05, 4.69) is 17.2 Å². The lowest BCUT2D eigenvalue weighted by molar-refractivity contribution is -0.137. The van der Waals surface area contributed by atoms with Crippen molar-refractivity contribution in [2.24, 2.45) is 4.40 Å². The van der Waals surface area contributed by atoms with E-state index < -0.39 is 22.8 Å². The lowest BCUT2D eigenvalue weighted by Gasteiger charge is -2.44. The average Bonchev–Trinajstić information content (AvgIpc) is 2.96. The van der Waals surface area contributed by atoms with Crippen molar-refractivity contribution in [1.82, 2.24) is 0 Å². The fourth-order valence-electron chi connectivity index (χ4n) is 4.07. The summed E-state index contributed by atoms with van der Waals surface area (Å²) < 4.78 is 44.7. The third-order valence-electron chi connectivity index (χ3n) is 5.69. The first-order valence-electron chi connectivity index (χ1n) is 9.28. The van der Waals surface area contributed by atoms with E-state index in [1.54, 1.807) is 6.07 Å². The summed E-state index contributed by atoms with van der Waals surface area (Å²) in [6.45, 7) is 1.98. The first-order chi connectivity index (χ1) is 14.2. The highest BCUT2D eigenvalue weighted by molar-refractivity contribution is 7.81. The second kappa shape index (κ2) is 7.29. The Labute approximate surface area is 183 Å². The Morgan fingerprint density at radius 1 is 1.13 bits per heavy atom. The Bertz CT molecular complexity index is 1080. The number of amidine groups is 1. The van der Waals surface area contributed by atoms with Gasteiger partial charge in [-0.2, -0.15) is 18.4 Å². The molecule has 1 saturated carbocycles. The maximum absolute atomic E-state index is 13.5. The van der Waals surface area contributed by atoms with Crippen LogP contribution in [0.1, 0.15) is 36.0 Å². The van der Waals surface area contributed by atoms with E-state index in [-0.39, 0.29) is 5.69 Å². The fourth-order valence-corrected chi connectivity index (χ4v) is 4.81. The van der Waals surface area contributed by atoms with E-state index in [0.717, 1.165) is 36.6 Å². The Kier molecular flexibility index (Phi) is 5.03. The van der Waals surface area contributed by atoms with Gasteiger partial charge in [0.05, 0.1) is 22.9 Å². The number of halogens is 3. The molecular formula is C21H17F3N4S2. The number of hydrogen-bond donors (Lipinski definition) is 1. The largest absolute Gasteiger partial charge is 0.417 e. The fraction of sp³-hybridized carbons (Fsp3) is 0.286. The topological polar surface area (TPSA) is 42.6 Å². The predicted molar refractivity (Wildman–Crippen MR) is 118 cm³/mol. The SMILES string of the molecule is Cc1ccc(N2C(=S)N(c3ccc(C#N)c(C(F)(F)F)c3)C(=NS)C23CCC3)cc1. The number of nitrogens with zero attached hydrogens (tertiary/aromatic N) is 4. The number of anilines is 2. The minimum atomic E-state index is -4.66. The third kappa shape index (κ3) is 3.06. The Morgan fingerprint density at radius 3 is 2.27 bits per heavy atom. The summed E-state index contributed by atoms with van der Waals surface area (Å²) in [6.07, 6.45) is -2.18. The smallest absolute Gasteiger partial charge is 0.305 e. The molecule has 0 bridgehead atoms. The van der Waals surface area contributed by atoms with Crippen LogP contribution in [-0.4, -0.2) is 16.5 Å². The summed E-state index contributed by atoms with van der Waals surface area (Å²) in [5, 5.41) is 9.44. The molecule has 1 saturated heterocycles. The van der Waals surface area contributed by atoms with E-state index in [1.807, 2.05) is 36.1 Å². The van der Waals surface area contributed by atoms with Crippen LogP contribution in [0.25, 0.3) is 0 Å². The van der Waals surface area contributed by atoms with Crippen LogP contribution in [0.15, 0.2) is 46.9 Å². The molecule has 154 valence electrons. The van der Waals surface area contributed by atoms with Gasteiger partial charge in [-0.25, -0.2) is 4.40 Å².